The Labute approximate surface area is 366 Å². The lowest BCUT2D eigenvalue weighted by molar-refractivity contribution is 0.0697. The van der Waals surface area contributed by atoms with Gasteiger partial charge in [0.25, 0.3) is 11.8 Å². The number of β-amino-alcohol motifs (C(OH)–C–C–N with tert-alkyl or cyclic N) is 1. The maximum absolute atomic E-state index is 13.9. The molecule has 6 heterocycles. The molecule has 63 heavy (non-hydrogen) atoms. The van der Waals surface area contributed by atoms with Crippen LogP contribution in [-0.2, 0) is 37.3 Å². The number of nitrogens with zero attached hydrogens (tertiary/aromatic N) is 9. The molecule has 328 valence electrons. The highest BCUT2D eigenvalue weighted by Crippen LogP contribution is 2.35. The van der Waals surface area contributed by atoms with Crippen molar-refractivity contribution in [2.45, 2.75) is 58.5 Å². The molecule has 2 aromatic heterocycles. The zero-order valence-electron chi connectivity index (χ0n) is 35.8. The molecule has 2 fully saturated rings. The molecule has 9 rings (SSSR count). The number of phenols is 2. The van der Waals surface area contributed by atoms with Crippen molar-refractivity contribution in [1.29, 1.82) is 0 Å². The number of amides is 2. The molecule has 2 saturated heterocycles. The number of ether oxygens (including phenoxy) is 1. The second kappa shape index (κ2) is 17.9. The minimum Gasteiger partial charge on any atom is -0.508 e. The highest BCUT2D eigenvalue weighted by Gasteiger charge is 2.31. The molecule has 0 aliphatic carbocycles. The minimum atomic E-state index is -0.698. The van der Waals surface area contributed by atoms with E-state index in [9.17, 15) is 24.9 Å². The van der Waals surface area contributed by atoms with E-state index in [-0.39, 0.29) is 40.7 Å². The number of carbonyl (C=O) groups is 2. The summed E-state index contributed by atoms with van der Waals surface area (Å²) in [5.41, 5.74) is 13.8. The minimum absolute atomic E-state index is 0.00640. The van der Waals surface area contributed by atoms with E-state index in [1.165, 1.54) is 11.6 Å². The zero-order valence-corrected chi connectivity index (χ0v) is 35.8. The summed E-state index contributed by atoms with van der Waals surface area (Å²) in [5, 5.41) is 32.0. The van der Waals surface area contributed by atoms with Crippen LogP contribution in [0.1, 0.15) is 85.7 Å². The van der Waals surface area contributed by atoms with E-state index in [2.05, 4.69) is 42.9 Å². The lowest BCUT2D eigenvalue weighted by atomic mass is 9.98. The Balaban J connectivity index is 0.774. The first-order valence-corrected chi connectivity index (χ1v) is 21.8. The van der Waals surface area contributed by atoms with Crippen molar-refractivity contribution in [3.8, 4) is 22.9 Å². The summed E-state index contributed by atoms with van der Waals surface area (Å²) < 4.78 is 5.60. The number of anilines is 2. The van der Waals surface area contributed by atoms with Gasteiger partial charge in [0.15, 0.2) is 5.82 Å². The topological polar surface area (TPSA) is 198 Å². The molecule has 2 amide bonds. The number of aliphatic hydroxyl groups excluding tert-OH is 1. The Morgan fingerprint density at radius 3 is 2.22 bits per heavy atom. The number of rotatable bonds is 10. The van der Waals surface area contributed by atoms with Crippen molar-refractivity contribution in [2.24, 2.45) is 0 Å². The summed E-state index contributed by atoms with van der Waals surface area (Å²) in [5.74, 6) is 0.958. The van der Waals surface area contributed by atoms with E-state index in [0.717, 1.165) is 79.6 Å². The van der Waals surface area contributed by atoms with Crippen molar-refractivity contribution < 1.29 is 29.6 Å². The van der Waals surface area contributed by atoms with Gasteiger partial charge in [0.1, 0.15) is 17.3 Å². The smallest absolute Gasteiger partial charge is 0.258 e. The van der Waals surface area contributed by atoms with Crippen LogP contribution in [0.2, 0.25) is 0 Å². The van der Waals surface area contributed by atoms with Crippen LogP contribution >= 0.6 is 0 Å². The molecule has 3 aromatic carbocycles. The van der Waals surface area contributed by atoms with Gasteiger partial charge in [0.05, 0.1) is 42.7 Å². The van der Waals surface area contributed by atoms with Gasteiger partial charge >= 0.3 is 0 Å². The zero-order chi connectivity index (χ0) is 43.8. The number of fused-ring (bicyclic) bond motifs is 2. The summed E-state index contributed by atoms with van der Waals surface area (Å²) in [6.45, 7) is 13.0. The second-order valence-electron chi connectivity index (χ2n) is 17.3. The molecular weight excluding hydrogens is 801 g/mol. The van der Waals surface area contributed by atoms with Crippen LogP contribution in [0.5, 0.6) is 11.5 Å². The second-order valence-corrected chi connectivity index (χ2v) is 17.3. The van der Waals surface area contributed by atoms with Gasteiger partial charge in [0, 0.05) is 102 Å². The standard InChI is InChI=1S/C47H54N10O6/c1-29(2)37-20-38(41(59)21-40(37)58)46(62)57-25-33-4-3-30(19-34(33)26-57)24-53-11-13-54(14-12-53)28-42(60)31-5-7-32(8-6-31)45(61)56-10-9-36-39(27-56)51-43(35-22-49-47(48)50-23-35)52-44(36)55-15-17-63-18-16-55/h3-8,19-23,29,42,58-60H,9-18,24-28H2,1-2H3,(H2,48,49,50). The molecular formula is C47H54N10O6. The Kier molecular flexibility index (Phi) is 12.0. The van der Waals surface area contributed by atoms with E-state index >= 15 is 0 Å². The molecule has 1 atom stereocenters. The van der Waals surface area contributed by atoms with Crippen LogP contribution in [0.15, 0.2) is 67.0 Å². The number of morpholine rings is 1. The highest BCUT2D eigenvalue weighted by atomic mass is 16.5. The third-order valence-electron chi connectivity index (χ3n) is 12.7. The molecule has 0 radical (unpaired) electrons. The number of hydrogen-bond acceptors (Lipinski definition) is 14. The Morgan fingerprint density at radius 1 is 0.778 bits per heavy atom. The lowest BCUT2D eigenvalue weighted by Crippen LogP contribution is -2.47. The first-order chi connectivity index (χ1) is 30.5. The maximum Gasteiger partial charge on any atom is 0.258 e. The molecule has 16 heteroatoms. The number of nitrogen functional groups attached to an aromatic ring is 1. The number of benzene rings is 3. The number of piperazine rings is 1. The van der Waals surface area contributed by atoms with Gasteiger partial charge in [-0.1, -0.05) is 44.2 Å². The molecule has 0 spiro atoms. The molecule has 5 N–H and O–H groups in total. The van der Waals surface area contributed by atoms with Crippen molar-refractivity contribution in [3.05, 3.63) is 117 Å². The van der Waals surface area contributed by atoms with E-state index < -0.39 is 6.10 Å². The fourth-order valence-electron chi connectivity index (χ4n) is 9.06. The predicted molar refractivity (Wildman–Crippen MR) is 236 cm³/mol. The number of aliphatic hydroxyl groups is 1. The van der Waals surface area contributed by atoms with Crippen LogP contribution in [-0.4, -0.2) is 132 Å². The van der Waals surface area contributed by atoms with Crippen molar-refractivity contribution >= 4 is 23.6 Å². The molecule has 16 nitrogen and oxygen atoms in total. The van der Waals surface area contributed by atoms with Gasteiger partial charge in [-0.15, -0.1) is 0 Å². The summed E-state index contributed by atoms with van der Waals surface area (Å²) in [7, 11) is 0. The first kappa shape index (κ1) is 42.1. The largest absolute Gasteiger partial charge is 0.508 e. The number of aromatic hydroxyl groups is 2. The maximum atomic E-state index is 13.9. The number of nitrogens with two attached hydrogens (primary N) is 1. The third-order valence-corrected chi connectivity index (χ3v) is 12.7. The van der Waals surface area contributed by atoms with E-state index in [4.69, 9.17) is 20.4 Å². The van der Waals surface area contributed by atoms with Gasteiger partial charge in [-0.25, -0.2) is 19.9 Å². The summed E-state index contributed by atoms with van der Waals surface area (Å²) in [6.07, 6.45) is 3.16. The van der Waals surface area contributed by atoms with Crippen molar-refractivity contribution in [2.75, 3.05) is 76.2 Å². The average Bonchev–Trinajstić information content (AvgIpc) is 3.73. The molecule has 0 bridgehead atoms. The number of carbonyl (C=O) groups excluding carboxylic acids is 2. The van der Waals surface area contributed by atoms with Crippen LogP contribution < -0.4 is 10.6 Å². The summed E-state index contributed by atoms with van der Waals surface area (Å²) in [6, 6.07) is 16.6. The number of aromatic nitrogens is 4. The van der Waals surface area contributed by atoms with Gasteiger partial charge in [-0.3, -0.25) is 19.4 Å². The summed E-state index contributed by atoms with van der Waals surface area (Å²) in [4.78, 5) is 55.9. The fraction of sp³-hybridized carbons (Fsp3) is 0.404. The monoisotopic (exact) mass is 854 g/mol. The molecule has 4 aliphatic heterocycles. The molecule has 4 aliphatic rings. The van der Waals surface area contributed by atoms with E-state index in [1.807, 2.05) is 30.9 Å². The number of hydrogen-bond donors (Lipinski definition) is 4. The van der Waals surface area contributed by atoms with Crippen LogP contribution in [0.25, 0.3) is 11.4 Å². The van der Waals surface area contributed by atoms with Gasteiger partial charge < -0.3 is 40.5 Å². The third kappa shape index (κ3) is 9.02. The average molecular weight is 855 g/mol. The Hall–Kier alpha value is -6.20. The highest BCUT2D eigenvalue weighted by molar-refractivity contribution is 5.97. The quantitative estimate of drug-likeness (QED) is 0.157. The molecule has 1 unspecified atom stereocenters. The van der Waals surface area contributed by atoms with E-state index in [1.54, 1.807) is 35.5 Å². The lowest BCUT2D eigenvalue weighted by Gasteiger charge is -2.35. The normalized spacial score (nSPS) is 17.5. The Bertz CT molecular complexity index is 2490. The summed E-state index contributed by atoms with van der Waals surface area (Å²) >= 11 is 0. The molecule has 5 aromatic rings. The van der Waals surface area contributed by atoms with Gasteiger partial charge in [-0.05, 0) is 58.4 Å². The van der Waals surface area contributed by atoms with Crippen molar-refractivity contribution in [3.63, 3.8) is 0 Å². The van der Waals surface area contributed by atoms with Crippen LogP contribution in [0, 0.1) is 0 Å². The fourth-order valence-corrected chi connectivity index (χ4v) is 9.06. The first-order valence-electron chi connectivity index (χ1n) is 21.8. The Morgan fingerprint density at radius 2 is 1.49 bits per heavy atom. The number of phenolic OH excluding ortho intramolecular Hbond substituents is 2. The van der Waals surface area contributed by atoms with Crippen molar-refractivity contribution in [1.82, 2.24) is 39.5 Å². The van der Waals surface area contributed by atoms with E-state index in [0.29, 0.717) is 74.9 Å². The van der Waals surface area contributed by atoms with Crippen LogP contribution in [0.4, 0.5) is 11.8 Å². The predicted octanol–water partition coefficient (Wildman–Crippen LogP) is 4.09. The molecule has 0 saturated carbocycles. The SMILES string of the molecule is CC(C)c1cc(C(=O)N2Cc3ccc(CN4CCN(CC(O)c5ccc(C(=O)N6CCc7c(nc(-c8cnc(N)nc8)nc7N7CCOCC7)C6)cc5)CC4)cc3C2)c(O)cc1O. The van der Waals surface area contributed by atoms with Gasteiger partial charge in [-0.2, -0.15) is 0 Å². The van der Waals surface area contributed by atoms with Gasteiger partial charge in [0.2, 0.25) is 5.95 Å². The van der Waals surface area contributed by atoms with Crippen LogP contribution in [0.3, 0.4) is 0 Å².